The summed E-state index contributed by atoms with van der Waals surface area (Å²) in [6, 6.07) is -0.776. The summed E-state index contributed by atoms with van der Waals surface area (Å²) in [5, 5.41) is 0.00732. The first-order chi connectivity index (χ1) is 11.1. The number of hydrogen-bond donors (Lipinski definition) is 0. The van der Waals surface area contributed by atoms with Crippen LogP contribution in [0.1, 0.15) is 48.0 Å². The van der Waals surface area contributed by atoms with E-state index in [9.17, 15) is 9.59 Å². The fourth-order valence-corrected chi connectivity index (χ4v) is 3.64. The van der Waals surface area contributed by atoms with Gasteiger partial charge in [0, 0.05) is 12.1 Å². The molecule has 1 fully saturated rings. The van der Waals surface area contributed by atoms with Crippen molar-refractivity contribution >= 4 is 20.4 Å². The third-order valence-corrected chi connectivity index (χ3v) is 9.22. The minimum atomic E-state index is -2.09. The van der Waals surface area contributed by atoms with Crippen LogP contribution in [0.2, 0.25) is 18.1 Å². The molecule has 1 saturated heterocycles. The highest BCUT2D eigenvalue weighted by Gasteiger charge is 2.49. The Kier molecular flexibility index (Phi) is 6.17. The first-order valence-electron chi connectivity index (χ1n) is 8.57. The number of esters is 1. The van der Waals surface area contributed by atoms with Gasteiger partial charge in [-0.05, 0) is 38.9 Å². The summed E-state index contributed by atoms with van der Waals surface area (Å²) < 4.78 is 16.7. The molecule has 25 heavy (non-hydrogen) atoms. The molecule has 144 valence electrons. The second kappa shape index (κ2) is 7.11. The Balaban J connectivity index is 3.09. The van der Waals surface area contributed by atoms with Gasteiger partial charge >= 0.3 is 12.1 Å². The Morgan fingerprint density at radius 2 is 1.68 bits per heavy atom. The Hall–Kier alpha value is -1.34. The molecule has 1 aliphatic heterocycles. The number of amides is 1. The van der Waals surface area contributed by atoms with Crippen LogP contribution in [-0.2, 0) is 18.7 Å². The zero-order chi connectivity index (χ0) is 19.8. The summed E-state index contributed by atoms with van der Waals surface area (Å²) in [7, 11) is -0.783. The summed E-state index contributed by atoms with van der Waals surface area (Å²) in [5.41, 5.74) is -0.217. The quantitative estimate of drug-likeness (QED) is 0.552. The molecule has 0 spiro atoms. The van der Waals surface area contributed by atoms with E-state index in [1.54, 1.807) is 20.8 Å². The SMILES string of the molecule is C=C1[C@@H](O[Si](C)(C)C(C)(C)C)C[C@@H](C(=O)OC)N1C(=O)OC(C)(C)C. The molecular formula is C18H33NO5Si. The van der Waals surface area contributed by atoms with E-state index >= 15 is 0 Å². The molecule has 0 saturated carbocycles. The Morgan fingerprint density at radius 1 is 1.16 bits per heavy atom. The lowest BCUT2D eigenvalue weighted by Gasteiger charge is -2.38. The van der Waals surface area contributed by atoms with Crippen LogP contribution < -0.4 is 0 Å². The topological polar surface area (TPSA) is 65.1 Å². The molecule has 0 radical (unpaired) electrons. The maximum absolute atomic E-state index is 12.6. The third kappa shape index (κ3) is 5.07. The van der Waals surface area contributed by atoms with Crippen LogP contribution in [0.5, 0.6) is 0 Å². The standard InChI is InChI=1S/C18H33NO5Si/c1-12-14(24-25(9,10)18(5,6)7)11-13(15(20)22-8)19(12)16(21)23-17(2,3)4/h13-14H,1,11H2,2-10H3/t13-,14-/m0/s1. The molecule has 1 heterocycles. The van der Waals surface area contributed by atoms with Crippen LogP contribution in [0.15, 0.2) is 12.3 Å². The Bertz CT molecular complexity index is 545. The van der Waals surface area contributed by atoms with Crippen molar-refractivity contribution < 1.29 is 23.5 Å². The van der Waals surface area contributed by atoms with Crippen LogP contribution in [0.3, 0.4) is 0 Å². The Morgan fingerprint density at radius 3 is 2.08 bits per heavy atom. The molecule has 1 rings (SSSR count). The fourth-order valence-electron chi connectivity index (χ4n) is 2.34. The van der Waals surface area contributed by atoms with E-state index in [2.05, 4.69) is 40.4 Å². The van der Waals surface area contributed by atoms with E-state index in [1.807, 2.05) is 0 Å². The van der Waals surface area contributed by atoms with Gasteiger partial charge in [0.2, 0.25) is 0 Å². The van der Waals surface area contributed by atoms with Crippen LogP contribution in [-0.4, -0.2) is 50.1 Å². The molecule has 0 aromatic carbocycles. The highest BCUT2D eigenvalue weighted by Crippen LogP contribution is 2.41. The van der Waals surface area contributed by atoms with Gasteiger partial charge in [-0.1, -0.05) is 27.4 Å². The van der Waals surface area contributed by atoms with Crippen LogP contribution >= 0.6 is 0 Å². The van der Waals surface area contributed by atoms with Gasteiger partial charge in [-0.2, -0.15) is 0 Å². The van der Waals surface area contributed by atoms with E-state index < -0.39 is 38.1 Å². The van der Waals surface area contributed by atoms with Crippen molar-refractivity contribution in [3.63, 3.8) is 0 Å². The van der Waals surface area contributed by atoms with Crippen molar-refractivity contribution in [2.75, 3.05) is 7.11 Å². The van der Waals surface area contributed by atoms with E-state index in [-0.39, 0.29) is 5.04 Å². The maximum Gasteiger partial charge on any atom is 0.415 e. The molecule has 6 nitrogen and oxygen atoms in total. The second-order valence-corrected chi connectivity index (χ2v) is 13.7. The highest BCUT2D eigenvalue weighted by atomic mass is 28.4. The summed E-state index contributed by atoms with van der Waals surface area (Å²) in [4.78, 5) is 26.1. The van der Waals surface area contributed by atoms with Crippen LogP contribution in [0, 0.1) is 0 Å². The summed E-state index contributed by atoms with van der Waals surface area (Å²) in [6.45, 7) is 20.0. The molecule has 0 aliphatic carbocycles. The van der Waals surface area contributed by atoms with E-state index in [1.165, 1.54) is 12.0 Å². The maximum atomic E-state index is 12.6. The minimum absolute atomic E-state index is 0.00732. The molecule has 0 N–H and O–H groups in total. The van der Waals surface area contributed by atoms with Crippen molar-refractivity contribution in [3.05, 3.63) is 12.3 Å². The van der Waals surface area contributed by atoms with Gasteiger partial charge in [-0.15, -0.1) is 0 Å². The zero-order valence-corrected chi connectivity index (χ0v) is 18.1. The van der Waals surface area contributed by atoms with Crippen molar-refractivity contribution in [1.29, 1.82) is 0 Å². The second-order valence-electron chi connectivity index (χ2n) is 8.98. The van der Waals surface area contributed by atoms with Gasteiger partial charge in [0.05, 0.1) is 13.2 Å². The predicted molar refractivity (Wildman–Crippen MR) is 99.7 cm³/mol. The Labute approximate surface area is 152 Å². The molecule has 2 atom stereocenters. The molecule has 0 aromatic heterocycles. The summed E-state index contributed by atoms with van der Waals surface area (Å²) >= 11 is 0. The van der Waals surface area contributed by atoms with E-state index in [4.69, 9.17) is 13.9 Å². The molecule has 7 heteroatoms. The zero-order valence-electron chi connectivity index (χ0n) is 17.1. The van der Waals surface area contributed by atoms with Crippen molar-refractivity contribution in [2.24, 2.45) is 0 Å². The lowest BCUT2D eigenvalue weighted by molar-refractivity contribution is -0.145. The normalized spacial score (nSPS) is 22.1. The lowest BCUT2D eigenvalue weighted by atomic mass is 10.2. The molecule has 1 aliphatic rings. The van der Waals surface area contributed by atoms with Gasteiger partial charge in [-0.3, -0.25) is 4.90 Å². The van der Waals surface area contributed by atoms with Crippen LogP contribution in [0.4, 0.5) is 4.79 Å². The number of hydrogen-bond acceptors (Lipinski definition) is 5. The number of carbonyl (C=O) groups excluding carboxylic acids is 2. The van der Waals surface area contributed by atoms with E-state index in [0.29, 0.717) is 12.1 Å². The number of ether oxygens (including phenoxy) is 2. The molecular weight excluding hydrogens is 338 g/mol. The summed E-state index contributed by atoms with van der Waals surface area (Å²) in [6.07, 6.45) is -0.677. The van der Waals surface area contributed by atoms with Gasteiger partial charge in [0.25, 0.3) is 0 Å². The number of rotatable bonds is 3. The average Bonchev–Trinajstić information content (AvgIpc) is 2.71. The third-order valence-electron chi connectivity index (χ3n) is 4.74. The van der Waals surface area contributed by atoms with Gasteiger partial charge in [0.1, 0.15) is 11.6 Å². The van der Waals surface area contributed by atoms with E-state index in [0.717, 1.165) is 0 Å². The number of likely N-dealkylation sites (tertiary alicyclic amines) is 1. The summed E-state index contributed by atoms with van der Waals surface area (Å²) in [5.74, 6) is -0.492. The first kappa shape index (κ1) is 21.7. The highest BCUT2D eigenvalue weighted by molar-refractivity contribution is 6.74. The molecule has 0 bridgehead atoms. The number of methoxy groups -OCH3 is 1. The van der Waals surface area contributed by atoms with Crippen LogP contribution in [0.25, 0.3) is 0 Å². The molecule has 0 unspecified atom stereocenters. The van der Waals surface area contributed by atoms with Gasteiger partial charge in [0.15, 0.2) is 8.32 Å². The van der Waals surface area contributed by atoms with Gasteiger partial charge < -0.3 is 13.9 Å². The fraction of sp³-hybridized carbons (Fsp3) is 0.778. The number of carbonyl (C=O) groups is 2. The molecule has 0 aromatic rings. The van der Waals surface area contributed by atoms with Crippen molar-refractivity contribution in [1.82, 2.24) is 4.90 Å². The van der Waals surface area contributed by atoms with Gasteiger partial charge in [-0.25, -0.2) is 9.59 Å². The largest absolute Gasteiger partial charge is 0.467 e. The average molecular weight is 372 g/mol. The van der Waals surface area contributed by atoms with Crippen molar-refractivity contribution in [3.8, 4) is 0 Å². The first-order valence-corrected chi connectivity index (χ1v) is 11.5. The minimum Gasteiger partial charge on any atom is -0.467 e. The predicted octanol–water partition coefficient (Wildman–Crippen LogP) is 4.07. The van der Waals surface area contributed by atoms with Crippen molar-refractivity contribution in [2.45, 2.75) is 83.8 Å². The molecule has 1 amide bonds. The number of nitrogens with zero attached hydrogens (tertiary/aromatic N) is 1. The smallest absolute Gasteiger partial charge is 0.415 e. The monoisotopic (exact) mass is 371 g/mol. The lowest BCUT2D eigenvalue weighted by Crippen LogP contribution is -2.44.